The van der Waals surface area contributed by atoms with Crippen molar-refractivity contribution in [2.45, 2.75) is 26.9 Å². The Balaban J connectivity index is 1.49. The lowest BCUT2D eigenvalue weighted by atomic mass is 10.1. The zero-order valence-electron chi connectivity index (χ0n) is 18.2. The van der Waals surface area contributed by atoms with E-state index in [1.165, 1.54) is 6.21 Å². The Bertz CT molecular complexity index is 1200. The number of benzene rings is 3. The van der Waals surface area contributed by atoms with Crippen molar-refractivity contribution in [2.24, 2.45) is 5.10 Å². The molecule has 0 bridgehead atoms. The molecule has 0 unspecified atom stereocenters. The second kappa shape index (κ2) is 11.6. The highest BCUT2D eigenvalue weighted by atomic mass is 79.9. The molecule has 0 spiro atoms. The molecular formula is C25H23BrClN3O3. The minimum Gasteiger partial charge on any atom is -0.488 e. The van der Waals surface area contributed by atoms with Gasteiger partial charge in [0.2, 0.25) is 11.8 Å². The first-order valence-electron chi connectivity index (χ1n) is 10.2. The topological polar surface area (TPSA) is 79.8 Å². The molecule has 0 aliphatic rings. The summed E-state index contributed by atoms with van der Waals surface area (Å²) >= 11 is 9.63. The van der Waals surface area contributed by atoms with Crippen LogP contribution in [0.15, 0.2) is 70.2 Å². The summed E-state index contributed by atoms with van der Waals surface area (Å²) in [5.74, 6) is -0.260. The van der Waals surface area contributed by atoms with Gasteiger partial charge in [-0.3, -0.25) is 9.59 Å². The van der Waals surface area contributed by atoms with E-state index in [0.717, 1.165) is 26.7 Å². The van der Waals surface area contributed by atoms with E-state index < -0.39 is 11.8 Å². The summed E-state index contributed by atoms with van der Waals surface area (Å²) < 4.78 is 6.55. The van der Waals surface area contributed by atoms with Crippen molar-refractivity contribution < 1.29 is 14.3 Å². The predicted molar refractivity (Wildman–Crippen MR) is 135 cm³/mol. The van der Waals surface area contributed by atoms with Crippen molar-refractivity contribution in [3.63, 3.8) is 0 Å². The van der Waals surface area contributed by atoms with Gasteiger partial charge >= 0.3 is 0 Å². The summed E-state index contributed by atoms with van der Waals surface area (Å²) in [5, 5.41) is 7.31. The zero-order valence-corrected chi connectivity index (χ0v) is 20.5. The van der Waals surface area contributed by atoms with Crippen molar-refractivity contribution in [2.75, 3.05) is 5.32 Å². The average molecular weight is 529 g/mol. The molecule has 0 radical (unpaired) electrons. The third kappa shape index (κ3) is 7.44. The highest BCUT2D eigenvalue weighted by molar-refractivity contribution is 9.10. The van der Waals surface area contributed by atoms with E-state index in [0.29, 0.717) is 23.1 Å². The van der Waals surface area contributed by atoms with Crippen molar-refractivity contribution in [3.8, 4) is 5.75 Å². The number of anilines is 1. The number of aryl methyl sites for hydroxylation is 2. The fourth-order valence-corrected chi connectivity index (χ4v) is 3.70. The maximum absolute atomic E-state index is 12.1. The Kier molecular flexibility index (Phi) is 8.63. The van der Waals surface area contributed by atoms with Crippen LogP contribution in [0.25, 0.3) is 0 Å². The maximum atomic E-state index is 12.1. The summed E-state index contributed by atoms with van der Waals surface area (Å²) in [6.07, 6.45) is 1.16. The van der Waals surface area contributed by atoms with Gasteiger partial charge in [0.15, 0.2) is 0 Å². The van der Waals surface area contributed by atoms with Gasteiger partial charge in [0.05, 0.1) is 10.7 Å². The van der Waals surface area contributed by atoms with E-state index in [4.69, 9.17) is 16.3 Å². The Morgan fingerprint density at radius 1 is 1.06 bits per heavy atom. The number of nitrogens with zero attached hydrogens (tertiary/aromatic N) is 1. The lowest BCUT2D eigenvalue weighted by Crippen LogP contribution is -2.24. The van der Waals surface area contributed by atoms with Crippen LogP contribution in [0, 0.1) is 13.8 Å². The number of nitrogens with one attached hydrogen (secondary N) is 2. The number of ether oxygens (including phenoxy) is 1. The van der Waals surface area contributed by atoms with Gasteiger partial charge in [-0.2, -0.15) is 5.10 Å². The Morgan fingerprint density at radius 2 is 1.85 bits per heavy atom. The molecule has 0 aliphatic carbocycles. The van der Waals surface area contributed by atoms with E-state index in [9.17, 15) is 9.59 Å². The van der Waals surface area contributed by atoms with Crippen LogP contribution in [-0.4, -0.2) is 18.0 Å². The number of amides is 2. The van der Waals surface area contributed by atoms with E-state index in [1.807, 2.05) is 62.4 Å². The van der Waals surface area contributed by atoms with Gasteiger partial charge in [-0.15, -0.1) is 0 Å². The summed E-state index contributed by atoms with van der Waals surface area (Å²) in [6.45, 7) is 4.22. The summed E-state index contributed by atoms with van der Waals surface area (Å²) in [7, 11) is 0. The van der Waals surface area contributed by atoms with Gasteiger partial charge in [0.25, 0.3) is 0 Å². The standard InChI is InChI=1S/C25H23BrClN3O3/c1-16-7-9-22(17(2)11-16)29-24(31)13-25(32)30-28-14-18-8-10-23(20(26)12-18)33-15-19-5-3-4-6-21(19)27/h3-12,14H,13,15H2,1-2H3,(H,29,31)(H,30,32). The van der Waals surface area contributed by atoms with Crippen LogP contribution in [0.5, 0.6) is 5.75 Å². The SMILES string of the molecule is Cc1ccc(NC(=O)CC(=O)NN=Cc2ccc(OCc3ccccc3Cl)c(Br)c2)c(C)c1. The van der Waals surface area contributed by atoms with Crippen LogP contribution in [-0.2, 0) is 16.2 Å². The fraction of sp³-hybridized carbons (Fsp3) is 0.160. The third-order valence-corrected chi connectivity index (χ3v) is 5.67. The van der Waals surface area contributed by atoms with Crippen molar-refractivity contribution in [1.82, 2.24) is 5.43 Å². The first kappa shape index (κ1) is 24.5. The van der Waals surface area contributed by atoms with Crippen LogP contribution in [0.1, 0.15) is 28.7 Å². The quantitative estimate of drug-likeness (QED) is 0.221. The third-order valence-electron chi connectivity index (χ3n) is 4.68. The molecule has 170 valence electrons. The number of hydrogen-bond acceptors (Lipinski definition) is 4. The van der Waals surface area contributed by atoms with Gasteiger partial charge in [-0.1, -0.05) is 47.5 Å². The first-order chi connectivity index (χ1) is 15.8. The van der Waals surface area contributed by atoms with Gasteiger partial charge in [0, 0.05) is 16.3 Å². The maximum Gasteiger partial charge on any atom is 0.249 e. The molecule has 0 saturated carbocycles. The molecule has 6 nitrogen and oxygen atoms in total. The number of rotatable bonds is 8. The molecule has 2 N–H and O–H groups in total. The lowest BCUT2D eigenvalue weighted by Gasteiger charge is -2.10. The molecule has 0 aromatic heterocycles. The van der Waals surface area contributed by atoms with Gasteiger partial charge in [0.1, 0.15) is 18.8 Å². The monoisotopic (exact) mass is 527 g/mol. The van der Waals surface area contributed by atoms with Crippen molar-refractivity contribution in [3.05, 3.63) is 92.4 Å². The van der Waals surface area contributed by atoms with E-state index in [1.54, 1.807) is 12.1 Å². The highest BCUT2D eigenvalue weighted by Crippen LogP contribution is 2.27. The molecule has 2 amide bonds. The van der Waals surface area contributed by atoms with Crippen LogP contribution < -0.4 is 15.5 Å². The van der Waals surface area contributed by atoms with E-state index in [-0.39, 0.29) is 6.42 Å². The lowest BCUT2D eigenvalue weighted by molar-refractivity contribution is -0.126. The first-order valence-corrected chi connectivity index (χ1v) is 11.3. The summed E-state index contributed by atoms with van der Waals surface area (Å²) in [6, 6.07) is 18.6. The van der Waals surface area contributed by atoms with Crippen LogP contribution in [0.2, 0.25) is 5.02 Å². The second-order valence-corrected chi connectivity index (χ2v) is 8.67. The largest absolute Gasteiger partial charge is 0.488 e. The number of hydrogen-bond donors (Lipinski definition) is 2. The average Bonchev–Trinajstić information content (AvgIpc) is 2.76. The predicted octanol–water partition coefficient (Wildman–Crippen LogP) is 5.78. The molecule has 3 aromatic rings. The number of hydrazone groups is 1. The van der Waals surface area contributed by atoms with Gasteiger partial charge in [-0.05, 0) is 71.2 Å². The molecule has 3 rings (SSSR count). The molecule has 8 heteroatoms. The number of carbonyl (C=O) groups is 2. The molecule has 0 atom stereocenters. The smallest absolute Gasteiger partial charge is 0.249 e. The molecule has 3 aromatic carbocycles. The minimum absolute atomic E-state index is 0.330. The fourth-order valence-electron chi connectivity index (χ4n) is 3.00. The molecule has 0 fully saturated rings. The molecular weight excluding hydrogens is 506 g/mol. The zero-order chi connectivity index (χ0) is 23.8. The van der Waals surface area contributed by atoms with Gasteiger partial charge < -0.3 is 10.1 Å². The Hall–Kier alpha value is -3.16. The van der Waals surface area contributed by atoms with Crippen molar-refractivity contribution >= 4 is 51.2 Å². The van der Waals surface area contributed by atoms with E-state index >= 15 is 0 Å². The van der Waals surface area contributed by atoms with Crippen LogP contribution in [0.3, 0.4) is 0 Å². The summed E-state index contributed by atoms with van der Waals surface area (Å²) in [5.41, 5.74) is 6.72. The van der Waals surface area contributed by atoms with Crippen LogP contribution >= 0.6 is 27.5 Å². The summed E-state index contributed by atoms with van der Waals surface area (Å²) in [4.78, 5) is 24.1. The second-order valence-electron chi connectivity index (χ2n) is 7.41. The van der Waals surface area contributed by atoms with E-state index in [2.05, 4.69) is 31.8 Å². The molecule has 0 heterocycles. The van der Waals surface area contributed by atoms with Gasteiger partial charge in [-0.25, -0.2) is 5.43 Å². The molecule has 0 aliphatic heterocycles. The Morgan fingerprint density at radius 3 is 2.58 bits per heavy atom. The minimum atomic E-state index is -0.507. The molecule has 33 heavy (non-hydrogen) atoms. The van der Waals surface area contributed by atoms with Crippen molar-refractivity contribution in [1.29, 1.82) is 0 Å². The number of halogens is 2. The van der Waals surface area contributed by atoms with Crippen LogP contribution in [0.4, 0.5) is 5.69 Å². The number of carbonyl (C=O) groups excluding carboxylic acids is 2. The highest BCUT2D eigenvalue weighted by Gasteiger charge is 2.10. The normalized spacial score (nSPS) is 10.8. The molecule has 0 saturated heterocycles. The Labute approximate surface area is 206 Å².